The summed E-state index contributed by atoms with van der Waals surface area (Å²) in [7, 11) is 0. The molecule has 0 saturated carbocycles. The summed E-state index contributed by atoms with van der Waals surface area (Å²) in [5.41, 5.74) is -0.497. The van der Waals surface area contributed by atoms with E-state index in [1.165, 1.54) is 0 Å². The van der Waals surface area contributed by atoms with Gasteiger partial charge in [0.2, 0.25) is 5.91 Å². The summed E-state index contributed by atoms with van der Waals surface area (Å²) < 4.78 is 0. The molecule has 0 aliphatic rings. The third-order valence-corrected chi connectivity index (χ3v) is 3.82. The average Bonchev–Trinajstić information content (AvgIpc) is 2.78. The molecule has 1 aromatic rings. The summed E-state index contributed by atoms with van der Waals surface area (Å²) >= 11 is 1.59. The number of aliphatic hydroxyl groups is 1. The Labute approximate surface area is 100 Å². The topological polar surface area (TPSA) is 49.3 Å². The summed E-state index contributed by atoms with van der Waals surface area (Å²) in [6.07, 6.45) is 0. The maximum absolute atomic E-state index is 12.0. The number of aliphatic hydroxyl groups excluding tert-OH is 1. The van der Waals surface area contributed by atoms with E-state index < -0.39 is 5.41 Å². The van der Waals surface area contributed by atoms with Crippen molar-refractivity contribution in [2.75, 3.05) is 13.2 Å². The molecule has 0 aliphatic heterocycles. The van der Waals surface area contributed by atoms with E-state index in [4.69, 9.17) is 5.11 Å². The van der Waals surface area contributed by atoms with Crippen LogP contribution in [0.3, 0.4) is 0 Å². The van der Waals surface area contributed by atoms with E-state index in [1.807, 2.05) is 38.3 Å². The predicted octanol–water partition coefficient (Wildman–Crippen LogP) is 1.77. The summed E-state index contributed by atoms with van der Waals surface area (Å²) in [5, 5.41) is 13.7. The monoisotopic (exact) mass is 241 g/mol. The SMILES string of the molecule is CC(CO)CNC(=O)C(C)(C)c1cccs1. The lowest BCUT2D eigenvalue weighted by atomic mass is 9.90. The lowest BCUT2D eigenvalue weighted by Crippen LogP contribution is -2.41. The minimum Gasteiger partial charge on any atom is -0.396 e. The molecule has 0 aromatic carbocycles. The first-order chi connectivity index (χ1) is 7.48. The number of hydrogen-bond donors (Lipinski definition) is 2. The lowest BCUT2D eigenvalue weighted by Gasteiger charge is -2.23. The van der Waals surface area contributed by atoms with Gasteiger partial charge in [-0.25, -0.2) is 0 Å². The molecule has 0 aliphatic carbocycles. The van der Waals surface area contributed by atoms with Gasteiger partial charge in [0.1, 0.15) is 0 Å². The zero-order valence-electron chi connectivity index (χ0n) is 9.99. The zero-order chi connectivity index (χ0) is 12.2. The third-order valence-electron chi connectivity index (χ3n) is 2.63. The second-order valence-electron chi connectivity index (χ2n) is 4.60. The number of rotatable bonds is 5. The molecule has 1 unspecified atom stereocenters. The van der Waals surface area contributed by atoms with Gasteiger partial charge < -0.3 is 10.4 Å². The number of nitrogens with one attached hydrogen (secondary N) is 1. The van der Waals surface area contributed by atoms with Gasteiger partial charge >= 0.3 is 0 Å². The van der Waals surface area contributed by atoms with E-state index in [-0.39, 0.29) is 18.4 Å². The zero-order valence-corrected chi connectivity index (χ0v) is 10.8. The summed E-state index contributed by atoms with van der Waals surface area (Å²) in [6, 6.07) is 3.92. The van der Waals surface area contributed by atoms with E-state index in [0.29, 0.717) is 6.54 Å². The van der Waals surface area contributed by atoms with Gasteiger partial charge in [-0.2, -0.15) is 0 Å². The van der Waals surface area contributed by atoms with Crippen LogP contribution in [0, 0.1) is 5.92 Å². The van der Waals surface area contributed by atoms with Gasteiger partial charge in [0, 0.05) is 18.0 Å². The van der Waals surface area contributed by atoms with Gasteiger partial charge in [0.05, 0.1) is 5.41 Å². The molecular formula is C12H19NO2S. The predicted molar refractivity (Wildman–Crippen MR) is 66.6 cm³/mol. The molecule has 16 heavy (non-hydrogen) atoms. The first-order valence-corrected chi connectivity index (χ1v) is 6.29. The molecule has 1 amide bonds. The van der Waals surface area contributed by atoms with Crippen molar-refractivity contribution in [1.29, 1.82) is 0 Å². The maximum atomic E-state index is 12.0. The van der Waals surface area contributed by atoms with Crippen molar-refractivity contribution < 1.29 is 9.90 Å². The normalized spacial score (nSPS) is 13.5. The molecule has 2 N–H and O–H groups in total. The molecule has 4 heteroatoms. The molecule has 0 radical (unpaired) electrons. The Morgan fingerprint density at radius 3 is 2.81 bits per heavy atom. The van der Waals surface area contributed by atoms with Crippen LogP contribution in [-0.2, 0) is 10.2 Å². The van der Waals surface area contributed by atoms with Crippen molar-refractivity contribution in [3.8, 4) is 0 Å². The fourth-order valence-electron chi connectivity index (χ4n) is 1.30. The van der Waals surface area contributed by atoms with Crippen LogP contribution in [0.1, 0.15) is 25.6 Å². The van der Waals surface area contributed by atoms with Gasteiger partial charge in [-0.1, -0.05) is 13.0 Å². The second kappa shape index (κ2) is 5.46. The largest absolute Gasteiger partial charge is 0.396 e. The Hall–Kier alpha value is -0.870. The smallest absolute Gasteiger partial charge is 0.230 e. The van der Waals surface area contributed by atoms with Gasteiger partial charge in [-0.3, -0.25) is 4.79 Å². The number of thiophene rings is 1. The highest BCUT2D eigenvalue weighted by Gasteiger charge is 2.30. The first kappa shape index (κ1) is 13.2. The Kier molecular flexibility index (Phi) is 4.50. The molecule has 0 spiro atoms. The summed E-state index contributed by atoms with van der Waals surface area (Å²) in [6.45, 7) is 6.35. The molecule has 0 bridgehead atoms. The van der Waals surface area contributed by atoms with Crippen molar-refractivity contribution >= 4 is 17.2 Å². The van der Waals surface area contributed by atoms with Crippen molar-refractivity contribution in [1.82, 2.24) is 5.32 Å². The van der Waals surface area contributed by atoms with Gasteiger partial charge in [-0.05, 0) is 31.2 Å². The molecule has 90 valence electrons. The summed E-state index contributed by atoms with van der Waals surface area (Å²) in [5.74, 6) is 0.110. The van der Waals surface area contributed by atoms with Crippen LogP contribution in [0.5, 0.6) is 0 Å². The molecule has 0 saturated heterocycles. The third kappa shape index (κ3) is 3.06. The fourth-order valence-corrected chi connectivity index (χ4v) is 2.15. The van der Waals surface area contributed by atoms with Crippen molar-refractivity contribution in [2.24, 2.45) is 5.92 Å². The van der Waals surface area contributed by atoms with Crippen molar-refractivity contribution in [2.45, 2.75) is 26.2 Å². The van der Waals surface area contributed by atoms with Gasteiger partial charge in [0.15, 0.2) is 0 Å². The molecule has 1 heterocycles. The Balaban J connectivity index is 2.59. The van der Waals surface area contributed by atoms with E-state index in [9.17, 15) is 4.79 Å². The first-order valence-electron chi connectivity index (χ1n) is 5.41. The van der Waals surface area contributed by atoms with E-state index in [2.05, 4.69) is 5.32 Å². The number of amides is 1. The van der Waals surface area contributed by atoms with E-state index >= 15 is 0 Å². The van der Waals surface area contributed by atoms with Crippen LogP contribution in [0.25, 0.3) is 0 Å². The van der Waals surface area contributed by atoms with Crippen molar-refractivity contribution in [3.05, 3.63) is 22.4 Å². The quantitative estimate of drug-likeness (QED) is 0.825. The van der Waals surface area contributed by atoms with Crippen LogP contribution < -0.4 is 5.32 Å². The van der Waals surface area contributed by atoms with Gasteiger partial charge in [-0.15, -0.1) is 11.3 Å². The molecule has 0 fully saturated rings. The van der Waals surface area contributed by atoms with Crippen LogP contribution in [-0.4, -0.2) is 24.2 Å². The highest BCUT2D eigenvalue weighted by Crippen LogP contribution is 2.27. The highest BCUT2D eigenvalue weighted by molar-refractivity contribution is 7.10. The second-order valence-corrected chi connectivity index (χ2v) is 5.55. The molecule has 3 nitrogen and oxygen atoms in total. The molecule has 1 rings (SSSR count). The average molecular weight is 241 g/mol. The highest BCUT2D eigenvalue weighted by atomic mass is 32.1. The van der Waals surface area contributed by atoms with E-state index in [0.717, 1.165) is 4.88 Å². The Bertz CT molecular complexity index is 333. The van der Waals surface area contributed by atoms with Crippen LogP contribution in [0.2, 0.25) is 0 Å². The van der Waals surface area contributed by atoms with Crippen molar-refractivity contribution in [3.63, 3.8) is 0 Å². The standard InChI is InChI=1S/C12H19NO2S/c1-9(8-14)7-13-11(15)12(2,3)10-5-4-6-16-10/h4-6,9,14H,7-8H2,1-3H3,(H,13,15). The molecule has 1 atom stereocenters. The van der Waals surface area contributed by atoms with Gasteiger partial charge in [0.25, 0.3) is 0 Å². The number of carbonyl (C=O) groups is 1. The molecular weight excluding hydrogens is 222 g/mol. The summed E-state index contributed by atoms with van der Waals surface area (Å²) in [4.78, 5) is 13.1. The van der Waals surface area contributed by atoms with Crippen LogP contribution in [0.4, 0.5) is 0 Å². The number of hydrogen-bond acceptors (Lipinski definition) is 3. The fraction of sp³-hybridized carbons (Fsp3) is 0.583. The minimum atomic E-state index is -0.497. The van der Waals surface area contributed by atoms with E-state index in [1.54, 1.807) is 11.3 Å². The lowest BCUT2D eigenvalue weighted by molar-refractivity contribution is -0.125. The number of carbonyl (C=O) groups excluding carboxylic acids is 1. The van der Waals surface area contributed by atoms with Crippen LogP contribution in [0.15, 0.2) is 17.5 Å². The maximum Gasteiger partial charge on any atom is 0.230 e. The minimum absolute atomic E-state index is 0.00949. The Morgan fingerprint density at radius 1 is 1.62 bits per heavy atom. The molecule has 1 aromatic heterocycles. The Morgan fingerprint density at radius 2 is 2.31 bits per heavy atom. The van der Waals surface area contributed by atoms with Crippen LogP contribution >= 0.6 is 11.3 Å².